The Hall–Kier alpha value is -2.04. The molecular weight excluding hydrogens is 278 g/mol. The van der Waals surface area contributed by atoms with Crippen molar-refractivity contribution in [1.29, 1.82) is 0 Å². The molecule has 0 saturated heterocycles. The number of carbonyl (C=O) groups is 1. The van der Waals surface area contributed by atoms with Crippen molar-refractivity contribution in [2.24, 2.45) is 0 Å². The Morgan fingerprint density at radius 1 is 1.30 bits per heavy atom. The Morgan fingerprint density at radius 3 is 2.75 bits per heavy atom. The molecule has 2 rings (SSSR count). The number of benzene rings is 2. The fraction of sp³-hybridized carbons (Fsp3) is 0.133. The largest absolute Gasteiger partial charge is 0.507 e. The first-order valence-electron chi connectivity index (χ1n) is 5.98. The number of methoxy groups -OCH3 is 1. The van der Waals surface area contributed by atoms with E-state index >= 15 is 0 Å². The highest BCUT2D eigenvalue weighted by Crippen LogP contribution is 2.24. The van der Waals surface area contributed by atoms with Crippen molar-refractivity contribution in [1.82, 2.24) is 0 Å². The standard InChI is InChI=1S/C15H14ClNO3/c1-20-9-10-4-2-3-5-13(10)17-15(19)12-7-6-11(16)8-14(12)18/h2-8,18H,9H2,1H3,(H,17,19). The van der Waals surface area contributed by atoms with E-state index in [2.05, 4.69) is 5.32 Å². The molecule has 0 aromatic heterocycles. The summed E-state index contributed by atoms with van der Waals surface area (Å²) in [7, 11) is 1.59. The van der Waals surface area contributed by atoms with E-state index < -0.39 is 5.91 Å². The molecule has 0 saturated carbocycles. The summed E-state index contributed by atoms with van der Waals surface area (Å²) in [4.78, 5) is 12.1. The summed E-state index contributed by atoms with van der Waals surface area (Å²) in [6.07, 6.45) is 0. The molecule has 4 nitrogen and oxygen atoms in total. The van der Waals surface area contributed by atoms with Crippen LogP contribution in [-0.4, -0.2) is 18.1 Å². The Balaban J connectivity index is 2.23. The summed E-state index contributed by atoms with van der Waals surface area (Å²) in [5.74, 6) is -0.554. The van der Waals surface area contributed by atoms with Crippen LogP contribution in [0, 0.1) is 0 Å². The number of anilines is 1. The number of phenols is 1. The second kappa shape index (κ2) is 6.41. The van der Waals surface area contributed by atoms with E-state index in [4.69, 9.17) is 16.3 Å². The van der Waals surface area contributed by atoms with E-state index in [1.807, 2.05) is 18.2 Å². The normalized spacial score (nSPS) is 10.3. The Labute approximate surface area is 122 Å². The van der Waals surface area contributed by atoms with Crippen LogP contribution in [0.1, 0.15) is 15.9 Å². The highest BCUT2D eigenvalue weighted by molar-refractivity contribution is 6.31. The molecule has 20 heavy (non-hydrogen) atoms. The second-order valence-corrected chi connectivity index (χ2v) is 4.64. The average Bonchev–Trinajstić information content (AvgIpc) is 2.41. The fourth-order valence-corrected chi connectivity index (χ4v) is 1.98. The van der Waals surface area contributed by atoms with Crippen molar-refractivity contribution in [3.05, 3.63) is 58.6 Å². The maximum Gasteiger partial charge on any atom is 0.259 e. The van der Waals surface area contributed by atoms with Crippen molar-refractivity contribution in [3.8, 4) is 5.75 Å². The van der Waals surface area contributed by atoms with Gasteiger partial charge in [-0.25, -0.2) is 0 Å². The molecule has 2 aromatic carbocycles. The van der Waals surface area contributed by atoms with Gasteiger partial charge in [0.15, 0.2) is 0 Å². The van der Waals surface area contributed by atoms with Crippen LogP contribution in [0.3, 0.4) is 0 Å². The molecule has 0 aliphatic heterocycles. The van der Waals surface area contributed by atoms with Crippen molar-refractivity contribution in [3.63, 3.8) is 0 Å². The quantitative estimate of drug-likeness (QED) is 0.907. The lowest BCUT2D eigenvalue weighted by Gasteiger charge is -2.11. The third-order valence-corrected chi connectivity index (χ3v) is 3.00. The number of halogens is 1. The molecular formula is C15H14ClNO3. The molecule has 2 N–H and O–H groups in total. The number of para-hydroxylation sites is 1. The van der Waals surface area contributed by atoms with Crippen molar-refractivity contribution in [2.45, 2.75) is 6.61 Å². The lowest BCUT2D eigenvalue weighted by Crippen LogP contribution is -2.13. The highest BCUT2D eigenvalue weighted by atomic mass is 35.5. The molecule has 5 heteroatoms. The Morgan fingerprint density at radius 2 is 2.05 bits per heavy atom. The summed E-state index contributed by atoms with van der Waals surface area (Å²) in [6, 6.07) is 11.7. The summed E-state index contributed by atoms with van der Waals surface area (Å²) in [5, 5.41) is 12.9. The molecule has 0 unspecified atom stereocenters. The molecule has 0 radical (unpaired) electrons. The van der Waals surface area contributed by atoms with Crippen molar-refractivity contribution in [2.75, 3.05) is 12.4 Å². The van der Waals surface area contributed by atoms with Crippen LogP contribution >= 0.6 is 11.6 Å². The van der Waals surface area contributed by atoms with Crippen LogP contribution in [0.5, 0.6) is 5.75 Å². The van der Waals surface area contributed by atoms with Crippen LogP contribution in [0.2, 0.25) is 5.02 Å². The summed E-state index contributed by atoms with van der Waals surface area (Å²) < 4.78 is 5.08. The molecule has 0 atom stereocenters. The van der Waals surface area contributed by atoms with Gasteiger partial charge in [-0.15, -0.1) is 0 Å². The van der Waals surface area contributed by atoms with Gasteiger partial charge < -0.3 is 15.2 Å². The molecule has 0 bridgehead atoms. The van der Waals surface area contributed by atoms with Crippen molar-refractivity contribution >= 4 is 23.2 Å². The van der Waals surface area contributed by atoms with Gasteiger partial charge in [0.1, 0.15) is 5.75 Å². The maximum atomic E-state index is 12.1. The summed E-state index contributed by atoms with van der Waals surface area (Å²) in [6.45, 7) is 0.392. The van der Waals surface area contributed by atoms with Gasteiger partial charge in [0.2, 0.25) is 0 Å². The molecule has 1 amide bonds. The topological polar surface area (TPSA) is 58.6 Å². The first kappa shape index (κ1) is 14.4. The van der Waals surface area contributed by atoms with E-state index in [1.165, 1.54) is 12.1 Å². The third kappa shape index (κ3) is 3.29. The van der Waals surface area contributed by atoms with Crippen LogP contribution in [0.4, 0.5) is 5.69 Å². The minimum atomic E-state index is -0.400. The Kier molecular flexibility index (Phi) is 4.61. The SMILES string of the molecule is COCc1ccccc1NC(=O)c1ccc(Cl)cc1O. The van der Waals surface area contributed by atoms with Crippen LogP contribution < -0.4 is 5.32 Å². The number of ether oxygens (including phenoxy) is 1. The number of aromatic hydroxyl groups is 1. The van der Waals surface area contributed by atoms with Gasteiger partial charge in [0.25, 0.3) is 5.91 Å². The zero-order chi connectivity index (χ0) is 14.5. The van der Waals surface area contributed by atoms with Gasteiger partial charge in [-0.3, -0.25) is 4.79 Å². The maximum absolute atomic E-state index is 12.1. The van der Waals surface area contributed by atoms with Gasteiger partial charge >= 0.3 is 0 Å². The van der Waals surface area contributed by atoms with E-state index in [0.717, 1.165) is 5.56 Å². The van der Waals surface area contributed by atoms with Crippen molar-refractivity contribution < 1.29 is 14.6 Å². The predicted molar refractivity (Wildman–Crippen MR) is 78.2 cm³/mol. The molecule has 0 aliphatic carbocycles. The number of phenolic OH excluding ortho intramolecular Hbond substituents is 1. The van der Waals surface area contributed by atoms with Gasteiger partial charge in [-0.05, 0) is 24.3 Å². The number of amides is 1. The third-order valence-electron chi connectivity index (χ3n) is 2.77. The first-order valence-corrected chi connectivity index (χ1v) is 6.36. The second-order valence-electron chi connectivity index (χ2n) is 4.21. The number of nitrogens with one attached hydrogen (secondary N) is 1. The van der Waals surface area contributed by atoms with E-state index in [-0.39, 0.29) is 11.3 Å². The summed E-state index contributed by atoms with van der Waals surface area (Å²) >= 11 is 5.74. The molecule has 0 heterocycles. The van der Waals surface area contributed by atoms with Gasteiger partial charge in [-0.2, -0.15) is 0 Å². The summed E-state index contributed by atoms with van der Waals surface area (Å²) in [5.41, 5.74) is 1.67. The minimum Gasteiger partial charge on any atom is -0.507 e. The zero-order valence-electron chi connectivity index (χ0n) is 10.9. The molecule has 2 aromatic rings. The molecule has 0 fully saturated rings. The molecule has 0 spiro atoms. The lowest BCUT2D eigenvalue weighted by molar-refractivity contribution is 0.102. The predicted octanol–water partition coefficient (Wildman–Crippen LogP) is 3.44. The molecule has 0 aliphatic rings. The number of rotatable bonds is 4. The van der Waals surface area contributed by atoms with E-state index in [0.29, 0.717) is 17.3 Å². The van der Waals surface area contributed by atoms with Crippen LogP contribution in [0.15, 0.2) is 42.5 Å². The minimum absolute atomic E-state index is 0.153. The van der Waals surface area contributed by atoms with Crippen LogP contribution in [0.25, 0.3) is 0 Å². The number of hydrogen-bond acceptors (Lipinski definition) is 3. The number of carbonyl (C=O) groups excluding carboxylic acids is 1. The lowest BCUT2D eigenvalue weighted by atomic mass is 10.1. The average molecular weight is 292 g/mol. The Bertz CT molecular complexity index is 628. The monoisotopic (exact) mass is 291 g/mol. The zero-order valence-corrected chi connectivity index (χ0v) is 11.6. The smallest absolute Gasteiger partial charge is 0.259 e. The fourth-order valence-electron chi connectivity index (χ4n) is 1.81. The van der Waals surface area contributed by atoms with Gasteiger partial charge in [0, 0.05) is 23.4 Å². The van der Waals surface area contributed by atoms with Gasteiger partial charge in [-0.1, -0.05) is 29.8 Å². The van der Waals surface area contributed by atoms with E-state index in [9.17, 15) is 9.90 Å². The number of hydrogen-bond donors (Lipinski definition) is 2. The first-order chi connectivity index (χ1) is 9.61. The van der Waals surface area contributed by atoms with Gasteiger partial charge in [0.05, 0.1) is 12.2 Å². The highest BCUT2D eigenvalue weighted by Gasteiger charge is 2.13. The van der Waals surface area contributed by atoms with Crippen LogP contribution in [-0.2, 0) is 11.3 Å². The van der Waals surface area contributed by atoms with E-state index in [1.54, 1.807) is 19.2 Å². The molecule has 104 valence electrons.